The van der Waals surface area contributed by atoms with Crippen LogP contribution in [0.1, 0.15) is 6.92 Å². The number of aliphatic carboxylic acids is 1. The number of halogens is 1. The third-order valence-corrected chi connectivity index (χ3v) is 2.98. The quantitative estimate of drug-likeness (QED) is 0.560. The number of carboxylic acid groups (broad SMARTS) is 1. The minimum atomic E-state index is -0.899. The molecule has 0 saturated heterocycles. The second-order valence-electron chi connectivity index (χ2n) is 2.96. The highest BCUT2D eigenvalue weighted by molar-refractivity contribution is 7.97. The Hall–Kier alpha value is -0.910. The zero-order chi connectivity index (χ0) is 11.4. The monoisotopic (exact) mass is 246 g/mol. The molecule has 6 heteroatoms. The van der Waals surface area contributed by atoms with Crippen molar-refractivity contribution in [2.75, 3.05) is 5.73 Å². The van der Waals surface area contributed by atoms with Crippen molar-refractivity contribution in [3.8, 4) is 0 Å². The van der Waals surface area contributed by atoms with Gasteiger partial charge in [0.25, 0.3) is 0 Å². The zero-order valence-electron chi connectivity index (χ0n) is 8.03. The first kappa shape index (κ1) is 12.2. The maximum Gasteiger partial charge on any atom is 0.321 e. The lowest BCUT2D eigenvalue weighted by molar-refractivity contribution is -0.138. The molecule has 15 heavy (non-hydrogen) atoms. The van der Waals surface area contributed by atoms with Crippen molar-refractivity contribution in [1.82, 2.24) is 4.72 Å². The lowest BCUT2D eigenvalue weighted by Gasteiger charge is -2.08. The Labute approximate surface area is 96.9 Å². The van der Waals surface area contributed by atoms with Crippen LogP contribution >= 0.6 is 23.5 Å². The highest BCUT2D eigenvalue weighted by atomic mass is 35.5. The van der Waals surface area contributed by atoms with E-state index in [1.807, 2.05) is 0 Å². The van der Waals surface area contributed by atoms with E-state index in [1.165, 1.54) is 11.9 Å². The molecule has 82 valence electrons. The summed E-state index contributed by atoms with van der Waals surface area (Å²) in [6.07, 6.45) is 0. The van der Waals surface area contributed by atoms with E-state index in [-0.39, 0.29) is 0 Å². The number of nitrogens with two attached hydrogens (primary N) is 1. The molecule has 0 spiro atoms. The fraction of sp³-hybridized carbons (Fsp3) is 0.222. The first-order valence-electron chi connectivity index (χ1n) is 4.21. The molecule has 0 aliphatic carbocycles. The van der Waals surface area contributed by atoms with E-state index in [4.69, 9.17) is 22.4 Å². The molecule has 1 rings (SSSR count). The second-order valence-corrected chi connectivity index (χ2v) is 4.28. The lowest BCUT2D eigenvalue weighted by Crippen LogP contribution is -2.28. The van der Waals surface area contributed by atoms with E-state index in [0.29, 0.717) is 10.7 Å². The maximum atomic E-state index is 10.5. The van der Waals surface area contributed by atoms with Crippen molar-refractivity contribution in [2.24, 2.45) is 0 Å². The van der Waals surface area contributed by atoms with Gasteiger partial charge in [-0.05, 0) is 37.1 Å². The van der Waals surface area contributed by atoms with Crippen LogP contribution in [0.3, 0.4) is 0 Å². The second kappa shape index (κ2) is 5.25. The Bertz CT molecular complexity index is 373. The Kier molecular flexibility index (Phi) is 4.26. The Morgan fingerprint density at radius 1 is 1.67 bits per heavy atom. The molecule has 0 aliphatic heterocycles. The van der Waals surface area contributed by atoms with Crippen molar-refractivity contribution in [3.63, 3.8) is 0 Å². The van der Waals surface area contributed by atoms with E-state index in [0.717, 1.165) is 4.90 Å². The number of carbonyl (C=O) groups is 1. The van der Waals surface area contributed by atoms with Gasteiger partial charge in [0.2, 0.25) is 0 Å². The largest absolute Gasteiger partial charge is 0.480 e. The van der Waals surface area contributed by atoms with E-state index in [9.17, 15) is 4.79 Å². The first-order chi connectivity index (χ1) is 7.00. The molecule has 0 heterocycles. The van der Waals surface area contributed by atoms with Gasteiger partial charge >= 0.3 is 5.97 Å². The minimum Gasteiger partial charge on any atom is -0.480 e. The molecule has 0 bridgehead atoms. The number of hydrogen-bond acceptors (Lipinski definition) is 4. The average molecular weight is 247 g/mol. The summed E-state index contributed by atoms with van der Waals surface area (Å²) in [6, 6.07) is 4.51. The van der Waals surface area contributed by atoms with Crippen LogP contribution in [0.2, 0.25) is 5.02 Å². The highest BCUT2D eigenvalue weighted by Crippen LogP contribution is 2.24. The van der Waals surface area contributed by atoms with Crippen LogP contribution in [0.4, 0.5) is 5.69 Å². The van der Waals surface area contributed by atoms with E-state index in [1.54, 1.807) is 25.1 Å². The minimum absolute atomic E-state index is 0.463. The summed E-state index contributed by atoms with van der Waals surface area (Å²) in [7, 11) is 0. The van der Waals surface area contributed by atoms with E-state index >= 15 is 0 Å². The smallest absolute Gasteiger partial charge is 0.321 e. The Morgan fingerprint density at radius 3 is 2.87 bits per heavy atom. The summed E-state index contributed by atoms with van der Waals surface area (Å²) in [5, 5.41) is 9.10. The molecule has 0 amide bonds. The molecule has 0 aromatic heterocycles. The lowest BCUT2D eigenvalue weighted by atomic mass is 10.3. The van der Waals surface area contributed by atoms with Gasteiger partial charge in [-0.15, -0.1) is 0 Å². The van der Waals surface area contributed by atoms with Gasteiger partial charge in [-0.1, -0.05) is 11.6 Å². The van der Waals surface area contributed by atoms with Crippen LogP contribution in [-0.4, -0.2) is 17.1 Å². The molecule has 1 aromatic rings. The molecule has 4 N–H and O–H groups in total. The van der Waals surface area contributed by atoms with Gasteiger partial charge in [-0.3, -0.25) is 4.79 Å². The van der Waals surface area contributed by atoms with Crippen LogP contribution < -0.4 is 10.5 Å². The third kappa shape index (κ3) is 3.62. The number of nitrogens with one attached hydrogen (secondary N) is 1. The van der Waals surface area contributed by atoms with Gasteiger partial charge in [0.1, 0.15) is 6.04 Å². The first-order valence-corrected chi connectivity index (χ1v) is 5.40. The molecule has 1 aromatic carbocycles. The number of anilines is 1. The van der Waals surface area contributed by atoms with Gasteiger partial charge in [0.05, 0.1) is 10.7 Å². The van der Waals surface area contributed by atoms with E-state index < -0.39 is 12.0 Å². The molecule has 0 aliphatic rings. The summed E-state index contributed by atoms with van der Waals surface area (Å²) < 4.78 is 2.76. The maximum absolute atomic E-state index is 10.5. The third-order valence-electron chi connectivity index (χ3n) is 1.70. The van der Waals surface area contributed by atoms with Crippen molar-refractivity contribution in [2.45, 2.75) is 17.9 Å². The van der Waals surface area contributed by atoms with Crippen molar-refractivity contribution in [3.05, 3.63) is 23.2 Å². The normalized spacial score (nSPS) is 12.4. The van der Waals surface area contributed by atoms with Crippen LogP contribution in [-0.2, 0) is 4.79 Å². The number of carboxylic acids is 1. The molecule has 1 atom stereocenters. The van der Waals surface area contributed by atoms with E-state index in [2.05, 4.69) is 4.72 Å². The van der Waals surface area contributed by atoms with Crippen LogP contribution in [0.5, 0.6) is 0 Å². The van der Waals surface area contributed by atoms with Crippen molar-refractivity contribution < 1.29 is 9.90 Å². The molecular weight excluding hydrogens is 236 g/mol. The fourth-order valence-corrected chi connectivity index (χ4v) is 1.75. The molecule has 1 unspecified atom stereocenters. The summed E-state index contributed by atoms with van der Waals surface area (Å²) in [5.74, 6) is -0.899. The number of hydrogen-bond donors (Lipinski definition) is 3. The van der Waals surface area contributed by atoms with Crippen molar-refractivity contribution >= 4 is 35.2 Å². The zero-order valence-corrected chi connectivity index (χ0v) is 9.60. The Morgan fingerprint density at radius 2 is 2.33 bits per heavy atom. The summed E-state index contributed by atoms with van der Waals surface area (Å²) in [4.78, 5) is 11.3. The predicted molar refractivity (Wildman–Crippen MR) is 62.0 cm³/mol. The molecule has 0 saturated carbocycles. The molecular formula is C9H11ClN2O2S. The fourth-order valence-electron chi connectivity index (χ4n) is 0.778. The summed E-state index contributed by atoms with van der Waals surface area (Å²) >= 11 is 7.02. The molecule has 0 radical (unpaired) electrons. The molecule has 0 fully saturated rings. The van der Waals surface area contributed by atoms with Gasteiger partial charge in [-0.2, -0.15) is 0 Å². The topological polar surface area (TPSA) is 75.3 Å². The number of rotatable bonds is 4. The van der Waals surface area contributed by atoms with Gasteiger partial charge in [0.15, 0.2) is 0 Å². The average Bonchev–Trinajstić information content (AvgIpc) is 2.19. The van der Waals surface area contributed by atoms with Crippen LogP contribution in [0.25, 0.3) is 0 Å². The highest BCUT2D eigenvalue weighted by Gasteiger charge is 2.10. The van der Waals surface area contributed by atoms with Gasteiger partial charge in [0, 0.05) is 4.90 Å². The summed E-state index contributed by atoms with van der Waals surface area (Å²) in [5.41, 5.74) is 6.04. The number of benzene rings is 1. The summed E-state index contributed by atoms with van der Waals surface area (Å²) in [6.45, 7) is 1.56. The van der Waals surface area contributed by atoms with Crippen LogP contribution in [0.15, 0.2) is 23.1 Å². The van der Waals surface area contributed by atoms with Crippen molar-refractivity contribution in [1.29, 1.82) is 0 Å². The van der Waals surface area contributed by atoms with Gasteiger partial charge in [-0.25, -0.2) is 4.72 Å². The van der Waals surface area contributed by atoms with Gasteiger partial charge < -0.3 is 10.8 Å². The van der Waals surface area contributed by atoms with Crippen LogP contribution in [0, 0.1) is 0 Å². The Balaban J connectivity index is 2.58. The number of nitrogen functional groups attached to an aromatic ring is 1. The molecule has 4 nitrogen and oxygen atoms in total. The SMILES string of the molecule is CC(NSc1ccc(N)c(Cl)c1)C(=O)O. The standard InChI is InChI=1S/C9H11ClN2O2S/c1-5(9(13)14)12-15-6-2-3-8(11)7(10)4-6/h2-5,12H,11H2,1H3,(H,13,14). The predicted octanol–water partition coefficient (Wildman–Crippen LogP) is 1.99.